The molecule has 0 spiro atoms. The van der Waals surface area contributed by atoms with E-state index in [4.69, 9.17) is 21.9 Å². The molecule has 0 radical (unpaired) electrons. The standard InChI is InChI=1S/C27H31N5OS/c1-33-24-17-23(32-16-13-20-9-5-6-10-21(20)18-32)29-25(30-24)31-26(34)28-19-27(14-7-8-15-27)22-11-3-2-4-12-22/h2-6,9-12,17H,7-8,13-16,18-19H2,1H3,(H2,28,29,30,31,34). The summed E-state index contributed by atoms with van der Waals surface area (Å²) in [7, 11) is 1.63. The Morgan fingerprint density at radius 3 is 2.53 bits per heavy atom. The Balaban J connectivity index is 1.28. The van der Waals surface area contributed by atoms with Crippen LogP contribution in [0.3, 0.4) is 0 Å². The zero-order valence-corrected chi connectivity index (χ0v) is 20.4. The highest BCUT2D eigenvalue weighted by atomic mass is 32.1. The number of methoxy groups -OCH3 is 1. The number of nitrogens with zero attached hydrogens (tertiary/aromatic N) is 3. The van der Waals surface area contributed by atoms with Gasteiger partial charge in [0, 0.05) is 31.1 Å². The Morgan fingerprint density at radius 2 is 1.76 bits per heavy atom. The second-order valence-corrected chi connectivity index (χ2v) is 9.60. The summed E-state index contributed by atoms with van der Waals surface area (Å²) in [5.74, 6) is 1.81. The highest BCUT2D eigenvalue weighted by Crippen LogP contribution is 2.40. The van der Waals surface area contributed by atoms with Crippen molar-refractivity contribution < 1.29 is 4.74 Å². The van der Waals surface area contributed by atoms with Gasteiger partial charge in [-0.05, 0) is 48.2 Å². The number of anilines is 2. The van der Waals surface area contributed by atoms with E-state index >= 15 is 0 Å². The topological polar surface area (TPSA) is 62.3 Å². The second kappa shape index (κ2) is 9.97. The highest BCUT2D eigenvalue weighted by molar-refractivity contribution is 7.80. The predicted molar refractivity (Wildman–Crippen MR) is 141 cm³/mol. The Kier molecular flexibility index (Phi) is 6.63. The number of hydrogen-bond acceptors (Lipinski definition) is 5. The molecule has 0 atom stereocenters. The van der Waals surface area contributed by atoms with Crippen LogP contribution in [0.4, 0.5) is 11.8 Å². The molecular formula is C27H31N5OS. The minimum Gasteiger partial charge on any atom is -0.481 e. The van der Waals surface area contributed by atoms with Gasteiger partial charge in [-0.2, -0.15) is 9.97 Å². The summed E-state index contributed by atoms with van der Waals surface area (Å²) in [6.45, 7) is 2.51. The van der Waals surface area contributed by atoms with Crippen molar-refractivity contribution in [2.75, 3.05) is 30.4 Å². The van der Waals surface area contributed by atoms with Crippen molar-refractivity contribution in [2.24, 2.45) is 0 Å². The van der Waals surface area contributed by atoms with Gasteiger partial charge in [-0.3, -0.25) is 0 Å². The van der Waals surface area contributed by atoms with Crippen molar-refractivity contribution in [2.45, 2.75) is 44.1 Å². The molecule has 1 aliphatic heterocycles. The predicted octanol–water partition coefficient (Wildman–Crippen LogP) is 4.85. The molecular weight excluding hydrogens is 442 g/mol. The Labute approximate surface area is 206 Å². The third kappa shape index (κ3) is 4.85. The lowest BCUT2D eigenvalue weighted by atomic mass is 9.79. The van der Waals surface area contributed by atoms with Crippen molar-refractivity contribution in [1.29, 1.82) is 0 Å². The second-order valence-electron chi connectivity index (χ2n) is 9.19. The van der Waals surface area contributed by atoms with Crippen LogP contribution in [-0.2, 0) is 18.4 Å². The van der Waals surface area contributed by atoms with Gasteiger partial charge >= 0.3 is 0 Å². The average Bonchev–Trinajstić information content (AvgIpc) is 3.38. The van der Waals surface area contributed by atoms with Gasteiger partial charge in [-0.25, -0.2) is 0 Å². The van der Waals surface area contributed by atoms with Gasteiger partial charge in [-0.15, -0.1) is 0 Å². The molecule has 0 saturated heterocycles. The summed E-state index contributed by atoms with van der Waals surface area (Å²) in [6.07, 6.45) is 5.83. The van der Waals surface area contributed by atoms with Crippen molar-refractivity contribution in [1.82, 2.24) is 15.3 Å². The number of benzene rings is 2. The summed E-state index contributed by atoms with van der Waals surface area (Å²) in [6, 6.07) is 21.3. The summed E-state index contributed by atoms with van der Waals surface area (Å²) >= 11 is 5.64. The molecule has 34 heavy (non-hydrogen) atoms. The van der Waals surface area contributed by atoms with Crippen LogP contribution in [0.2, 0.25) is 0 Å². The van der Waals surface area contributed by atoms with Crippen molar-refractivity contribution in [3.05, 3.63) is 77.4 Å². The minimum absolute atomic E-state index is 0.120. The normalized spacial score (nSPS) is 16.6. The third-order valence-electron chi connectivity index (χ3n) is 7.11. The van der Waals surface area contributed by atoms with E-state index in [1.54, 1.807) is 7.11 Å². The van der Waals surface area contributed by atoms with Gasteiger partial charge in [0.1, 0.15) is 5.82 Å². The van der Waals surface area contributed by atoms with Crippen molar-refractivity contribution in [3.63, 3.8) is 0 Å². The summed E-state index contributed by atoms with van der Waals surface area (Å²) < 4.78 is 5.47. The number of aromatic nitrogens is 2. The number of hydrogen-bond donors (Lipinski definition) is 2. The molecule has 1 fully saturated rings. The number of rotatable bonds is 6. The first-order chi connectivity index (χ1) is 16.6. The van der Waals surface area contributed by atoms with Gasteiger partial charge < -0.3 is 20.3 Å². The van der Waals surface area contributed by atoms with E-state index in [-0.39, 0.29) is 5.41 Å². The van der Waals surface area contributed by atoms with Crippen LogP contribution in [0.25, 0.3) is 0 Å². The van der Waals surface area contributed by atoms with E-state index < -0.39 is 0 Å². The third-order valence-corrected chi connectivity index (χ3v) is 7.36. The van der Waals surface area contributed by atoms with Crippen molar-refractivity contribution in [3.8, 4) is 5.88 Å². The van der Waals surface area contributed by atoms with Crippen molar-refractivity contribution >= 4 is 29.1 Å². The van der Waals surface area contributed by atoms with Gasteiger partial charge in [0.2, 0.25) is 11.8 Å². The summed E-state index contributed by atoms with van der Waals surface area (Å²) in [5.41, 5.74) is 4.24. The lowest BCUT2D eigenvalue weighted by Gasteiger charge is -2.31. The average molecular weight is 474 g/mol. The Bertz CT molecular complexity index is 1150. The molecule has 6 nitrogen and oxygen atoms in total. The van der Waals surface area contributed by atoms with Crippen LogP contribution in [0, 0.1) is 0 Å². The zero-order chi connectivity index (χ0) is 23.4. The molecule has 7 heteroatoms. The van der Waals surface area contributed by atoms with Crippen LogP contribution >= 0.6 is 12.2 Å². The fraction of sp³-hybridized carbons (Fsp3) is 0.370. The first-order valence-corrected chi connectivity index (χ1v) is 12.4. The van der Waals surface area contributed by atoms with Gasteiger partial charge in [0.25, 0.3) is 0 Å². The molecule has 2 N–H and O–H groups in total. The monoisotopic (exact) mass is 473 g/mol. The Hall–Kier alpha value is -3.19. The quantitative estimate of drug-likeness (QED) is 0.497. The maximum absolute atomic E-state index is 5.64. The van der Waals surface area contributed by atoms with E-state index in [1.165, 1.54) is 42.4 Å². The van der Waals surface area contributed by atoms with Crippen LogP contribution < -0.4 is 20.3 Å². The van der Waals surface area contributed by atoms with Gasteiger partial charge in [0.05, 0.1) is 7.11 Å². The fourth-order valence-electron chi connectivity index (χ4n) is 5.23. The molecule has 1 saturated carbocycles. The SMILES string of the molecule is COc1cc(N2CCc3ccccc3C2)nc(NC(=S)NCC2(c3ccccc3)CCCC2)n1. The summed E-state index contributed by atoms with van der Waals surface area (Å²) in [5, 5.41) is 7.18. The van der Waals surface area contributed by atoms with E-state index in [0.717, 1.165) is 31.9 Å². The molecule has 3 aromatic rings. The Morgan fingerprint density at radius 1 is 1.03 bits per heavy atom. The maximum Gasteiger partial charge on any atom is 0.234 e. The summed E-state index contributed by atoms with van der Waals surface area (Å²) in [4.78, 5) is 11.5. The maximum atomic E-state index is 5.64. The van der Waals surface area contributed by atoms with E-state index in [2.05, 4.69) is 75.1 Å². The first-order valence-electron chi connectivity index (χ1n) is 12.0. The molecule has 0 unspecified atom stereocenters. The molecule has 0 amide bonds. The van der Waals surface area contributed by atoms with E-state index in [9.17, 15) is 0 Å². The van der Waals surface area contributed by atoms with Gasteiger partial charge in [-0.1, -0.05) is 67.4 Å². The molecule has 2 aromatic carbocycles. The zero-order valence-electron chi connectivity index (χ0n) is 19.6. The van der Waals surface area contributed by atoms with E-state index in [1.807, 2.05) is 6.07 Å². The largest absolute Gasteiger partial charge is 0.481 e. The molecule has 1 aliphatic carbocycles. The molecule has 1 aromatic heterocycles. The van der Waals surface area contributed by atoms with Gasteiger partial charge in [0.15, 0.2) is 5.11 Å². The molecule has 0 bridgehead atoms. The van der Waals surface area contributed by atoms with Crippen LogP contribution in [0.1, 0.15) is 42.4 Å². The van der Waals surface area contributed by atoms with Crippen LogP contribution in [-0.4, -0.2) is 35.3 Å². The molecule has 2 aliphatic rings. The lowest BCUT2D eigenvalue weighted by molar-refractivity contribution is 0.397. The number of nitrogens with one attached hydrogen (secondary N) is 2. The molecule has 5 rings (SSSR count). The molecule has 176 valence electrons. The molecule has 2 heterocycles. The lowest BCUT2D eigenvalue weighted by Crippen LogP contribution is -2.41. The van der Waals surface area contributed by atoms with Crippen LogP contribution in [0.5, 0.6) is 5.88 Å². The minimum atomic E-state index is 0.120. The fourth-order valence-corrected chi connectivity index (χ4v) is 5.40. The number of fused-ring (bicyclic) bond motifs is 1. The smallest absolute Gasteiger partial charge is 0.234 e. The first kappa shape index (κ1) is 22.6. The number of ether oxygens (including phenoxy) is 1. The number of thiocarbonyl (C=S) groups is 1. The van der Waals surface area contributed by atoms with Crippen LogP contribution in [0.15, 0.2) is 60.7 Å². The highest BCUT2D eigenvalue weighted by Gasteiger charge is 2.35. The van der Waals surface area contributed by atoms with E-state index in [0.29, 0.717) is 16.9 Å².